The summed E-state index contributed by atoms with van der Waals surface area (Å²) in [6.07, 6.45) is 1.11. The summed E-state index contributed by atoms with van der Waals surface area (Å²) in [4.78, 5) is 2.29. The van der Waals surface area contributed by atoms with Crippen LogP contribution in [0.5, 0.6) is 5.75 Å². The minimum Gasteiger partial charge on any atom is -0.484 e. The van der Waals surface area contributed by atoms with Crippen LogP contribution in [0, 0.1) is 0 Å². The summed E-state index contributed by atoms with van der Waals surface area (Å²) in [6.45, 7) is 1.51. The van der Waals surface area contributed by atoms with Gasteiger partial charge in [0.1, 0.15) is 11.9 Å². The summed E-state index contributed by atoms with van der Waals surface area (Å²) in [5.41, 5.74) is 2.11. The summed E-state index contributed by atoms with van der Waals surface area (Å²) < 4.78 is 6.33. The second-order valence-electron chi connectivity index (χ2n) is 6.66. The smallest absolute Gasteiger partial charge is 0.140 e. The minimum atomic E-state index is -0.279. The molecule has 0 unspecified atom stereocenters. The molecule has 1 saturated heterocycles. The maximum atomic E-state index is 9.94. The molecule has 3 nitrogen and oxygen atoms in total. The molecule has 132 valence electrons. The SMILES string of the molecule is O[C@@H]1CCN([C@H]2Cc3c(Cl)cc(Cl)cc3[C@@H]2Oc2ccc(Cl)cc2)C1. The van der Waals surface area contributed by atoms with Gasteiger partial charge in [-0.2, -0.15) is 0 Å². The molecule has 25 heavy (non-hydrogen) atoms. The molecular formula is C19H18Cl3NO2. The molecule has 1 N–H and O–H groups in total. The Morgan fingerprint density at radius 2 is 1.80 bits per heavy atom. The highest BCUT2D eigenvalue weighted by Crippen LogP contribution is 2.43. The van der Waals surface area contributed by atoms with Crippen molar-refractivity contribution >= 4 is 34.8 Å². The van der Waals surface area contributed by atoms with Crippen molar-refractivity contribution in [2.45, 2.75) is 31.1 Å². The molecule has 0 amide bonds. The van der Waals surface area contributed by atoms with Gasteiger partial charge in [-0.3, -0.25) is 4.90 Å². The van der Waals surface area contributed by atoms with Crippen molar-refractivity contribution in [3.63, 3.8) is 0 Å². The van der Waals surface area contributed by atoms with Crippen LogP contribution >= 0.6 is 34.8 Å². The number of hydrogen-bond donors (Lipinski definition) is 1. The second-order valence-corrected chi connectivity index (χ2v) is 7.94. The zero-order chi connectivity index (χ0) is 17.6. The van der Waals surface area contributed by atoms with Gasteiger partial charge in [-0.05, 0) is 54.8 Å². The third-order valence-corrected chi connectivity index (χ3v) is 5.81. The van der Waals surface area contributed by atoms with E-state index in [4.69, 9.17) is 39.5 Å². The van der Waals surface area contributed by atoms with E-state index in [1.165, 1.54) is 0 Å². The molecule has 4 rings (SSSR count). The van der Waals surface area contributed by atoms with Crippen LogP contribution in [0.1, 0.15) is 23.7 Å². The zero-order valence-electron chi connectivity index (χ0n) is 13.5. The van der Waals surface area contributed by atoms with Crippen LogP contribution in [0.15, 0.2) is 36.4 Å². The Labute approximate surface area is 162 Å². The monoisotopic (exact) mass is 397 g/mol. The lowest BCUT2D eigenvalue weighted by molar-refractivity contribution is 0.0818. The number of aliphatic hydroxyl groups is 1. The fourth-order valence-electron chi connectivity index (χ4n) is 3.81. The topological polar surface area (TPSA) is 32.7 Å². The van der Waals surface area contributed by atoms with E-state index in [-0.39, 0.29) is 18.2 Å². The van der Waals surface area contributed by atoms with Crippen molar-refractivity contribution in [3.05, 3.63) is 62.6 Å². The van der Waals surface area contributed by atoms with E-state index >= 15 is 0 Å². The van der Waals surface area contributed by atoms with Gasteiger partial charge in [-0.1, -0.05) is 34.8 Å². The van der Waals surface area contributed by atoms with Crippen LogP contribution in [-0.2, 0) is 6.42 Å². The highest BCUT2D eigenvalue weighted by atomic mass is 35.5. The van der Waals surface area contributed by atoms with Crippen LogP contribution < -0.4 is 4.74 Å². The molecule has 6 heteroatoms. The Hall–Kier alpha value is -0.970. The predicted molar refractivity (Wildman–Crippen MR) is 101 cm³/mol. The normalized spacial score (nSPS) is 26.0. The fourth-order valence-corrected chi connectivity index (χ4v) is 4.52. The molecule has 1 fully saturated rings. The van der Waals surface area contributed by atoms with Gasteiger partial charge >= 0.3 is 0 Å². The van der Waals surface area contributed by atoms with Gasteiger partial charge in [0.05, 0.1) is 12.1 Å². The molecule has 1 heterocycles. The average Bonchev–Trinajstić information content (AvgIpc) is 3.14. The molecule has 2 aromatic rings. The molecule has 0 radical (unpaired) electrons. The zero-order valence-corrected chi connectivity index (χ0v) is 15.7. The molecule has 0 bridgehead atoms. The molecular weight excluding hydrogens is 381 g/mol. The van der Waals surface area contributed by atoms with Crippen LogP contribution in [0.25, 0.3) is 0 Å². The first-order valence-corrected chi connectivity index (χ1v) is 9.47. The van der Waals surface area contributed by atoms with E-state index in [1.54, 1.807) is 6.07 Å². The molecule has 0 saturated carbocycles. The largest absolute Gasteiger partial charge is 0.484 e. The van der Waals surface area contributed by atoms with Crippen LogP contribution in [-0.4, -0.2) is 35.2 Å². The molecule has 2 aliphatic rings. The first-order chi connectivity index (χ1) is 12.0. The number of halogens is 3. The van der Waals surface area contributed by atoms with Gasteiger partial charge < -0.3 is 9.84 Å². The van der Waals surface area contributed by atoms with Crippen LogP contribution in [0.4, 0.5) is 0 Å². The maximum absolute atomic E-state index is 9.94. The summed E-state index contributed by atoms with van der Waals surface area (Å²) in [7, 11) is 0. The predicted octanol–water partition coefficient (Wildman–Crippen LogP) is 4.76. The number of nitrogens with zero attached hydrogens (tertiary/aromatic N) is 1. The molecule has 1 aliphatic heterocycles. The number of rotatable bonds is 3. The van der Waals surface area contributed by atoms with Crippen molar-refractivity contribution < 1.29 is 9.84 Å². The van der Waals surface area contributed by atoms with E-state index in [0.717, 1.165) is 36.3 Å². The van der Waals surface area contributed by atoms with Gasteiger partial charge in [-0.25, -0.2) is 0 Å². The molecule has 2 aromatic carbocycles. The van der Waals surface area contributed by atoms with Crippen molar-refractivity contribution in [1.29, 1.82) is 0 Å². The lowest BCUT2D eigenvalue weighted by atomic mass is 10.1. The van der Waals surface area contributed by atoms with Crippen molar-refractivity contribution in [3.8, 4) is 5.75 Å². The Bertz CT molecular complexity index is 781. The van der Waals surface area contributed by atoms with E-state index in [9.17, 15) is 5.11 Å². The van der Waals surface area contributed by atoms with E-state index < -0.39 is 0 Å². The Kier molecular flexibility index (Phi) is 4.87. The maximum Gasteiger partial charge on any atom is 0.140 e. The van der Waals surface area contributed by atoms with Gasteiger partial charge in [-0.15, -0.1) is 0 Å². The van der Waals surface area contributed by atoms with Crippen molar-refractivity contribution in [1.82, 2.24) is 4.90 Å². The average molecular weight is 399 g/mol. The quantitative estimate of drug-likeness (QED) is 0.809. The lowest BCUT2D eigenvalue weighted by Crippen LogP contribution is -2.39. The highest BCUT2D eigenvalue weighted by Gasteiger charge is 2.41. The first-order valence-electron chi connectivity index (χ1n) is 8.33. The van der Waals surface area contributed by atoms with Crippen LogP contribution in [0.3, 0.4) is 0 Å². The standard InChI is InChI=1S/C19H18Cl3NO2/c20-11-1-3-14(4-2-11)25-19-16-7-12(21)8-17(22)15(16)9-18(19)23-6-5-13(24)10-23/h1-4,7-8,13,18-19,24H,5-6,9-10H2/t13-,18+,19+/m1/s1. The third kappa shape index (κ3) is 3.49. The van der Waals surface area contributed by atoms with Gasteiger partial charge in [0, 0.05) is 33.7 Å². The Morgan fingerprint density at radius 3 is 2.48 bits per heavy atom. The summed E-state index contributed by atoms with van der Waals surface area (Å²) in [5.74, 6) is 0.753. The van der Waals surface area contributed by atoms with Gasteiger partial charge in [0.2, 0.25) is 0 Å². The highest BCUT2D eigenvalue weighted by molar-refractivity contribution is 6.35. The number of aliphatic hydroxyl groups excluding tert-OH is 1. The number of hydrogen-bond acceptors (Lipinski definition) is 3. The Balaban J connectivity index is 1.69. The summed E-state index contributed by atoms with van der Waals surface area (Å²) in [6, 6.07) is 11.2. The van der Waals surface area contributed by atoms with Crippen molar-refractivity contribution in [2.24, 2.45) is 0 Å². The molecule has 0 aromatic heterocycles. The number of benzene rings is 2. The van der Waals surface area contributed by atoms with E-state index in [2.05, 4.69) is 4.90 Å². The summed E-state index contributed by atoms with van der Waals surface area (Å²) in [5, 5.41) is 11.9. The third-order valence-electron chi connectivity index (χ3n) is 5.00. The van der Waals surface area contributed by atoms with Crippen molar-refractivity contribution in [2.75, 3.05) is 13.1 Å². The first kappa shape index (κ1) is 17.4. The summed E-state index contributed by atoms with van der Waals surface area (Å²) >= 11 is 18.6. The molecule has 1 aliphatic carbocycles. The van der Waals surface area contributed by atoms with Gasteiger partial charge in [0.15, 0.2) is 0 Å². The second kappa shape index (κ2) is 6.98. The Morgan fingerprint density at radius 1 is 1.04 bits per heavy atom. The minimum absolute atomic E-state index is 0.124. The number of ether oxygens (including phenoxy) is 1. The van der Waals surface area contributed by atoms with E-state index in [1.807, 2.05) is 30.3 Å². The van der Waals surface area contributed by atoms with Gasteiger partial charge in [0.25, 0.3) is 0 Å². The number of fused-ring (bicyclic) bond motifs is 1. The number of likely N-dealkylation sites (tertiary alicyclic amines) is 1. The molecule has 3 atom stereocenters. The van der Waals surface area contributed by atoms with E-state index in [0.29, 0.717) is 21.6 Å². The lowest BCUT2D eigenvalue weighted by Gasteiger charge is -2.30. The number of β-amino-alcohol motifs (C(OH)–C–C–N with tert-alkyl or cyclic N) is 1. The molecule has 0 spiro atoms. The van der Waals surface area contributed by atoms with Crippen LogP contribution in [0.2, 0.25) is 15.1 Å². The fraction of sp³-hybridized carbons (Fsp3) is 0.368.